The van der Waals surface area contributed by atoms with Gasteiger partial charge in [0.05, 0.1) is 24.4 Å². The maximum Gasteiger partial charge on any atom is 0.227 e. The molecular weight excluding hydrogens is 286 g/mol. The van der Waals surface area contributed by atoms with Gasteiger partial charge in [-0.25, -0.2) is 0 Å². The molecule has 0 saturated carbocycles. The highest BCUT2D eigenvalue weighted by Gasteiger charge is 2.12. The monoisotopic (exact) mass is 301 g/mol. The van der Waals surface area contributed by atoms with E-state index in [1.165, 1.54) is 0 Å². The standard InChI is InChI=1S/C11H16BrN3O2/c1-2-17-10(5-13)4-11(16)15-9-3-8(12)6-14-7-9/h3,6-7,10H,2,4-5,13H2,1H3,(H,15,16). The first kappa shape index (κ1) is 14.1. The first-order valence-corrected chi connectivity index (χ1v) is 6.17. The Morgan fingerprint density at radius 3 is 3.00 bits per heavy atom. The number of halogens is 1. The zero-order valence-corrected chi connectivity index (χ0v) is 11.2. The van der Waals surface area contributed by atoms with Crippen LogP contribution in [0.15, 0.2) is 22.9 Å². The van der Waals surface area contributed by atoms with E-state index in [1.807, 2.05) is 6.92 Å². The summed E-state index contributed by atoms with van der Waals surface area (Å²) >= 11 is 3.28. The second kappa shape index (κ2) is 7.37. The van der Waals surface area contributed by atoms with Crippen LogP contribution < -0.4 is 11.1 Å². The van der Waals surface area contributed by atoms with Crippen LogP contribution in [0.3, 0.4) is 0 Å². The van der Waals surface area contributed by atoms with Gasteiger partial charge < -0.3 is 15.8 Å². The fourth-order valence-electron chi connectivity index (χ4n) is 1.35. The zero-order chi connectivity index (χ0) is 12.7. The number of anilines is 1. The van der Waals surface area contributed by atoms with Crippen molar-refractivity contribution < 1.29 is 9.53 Å². The van der Waals surface area contributed by atoms with Gasteiger partial charge in [-0.15, -0.1) is 0 Å². The molecule has 0 bridgehead atoms. The lowest BCUT2D eigenvalue weighted by atomic mass is 10.2. The van der Waals surface area contributed by atoms with Gasteiger partial charge in [0.25, 0.3) is 0 Å². The Morgan fingerprint density at radius 1 is 1.65 bits per heavy atom. The molecule has 0 aliphatic carbocycles. The number of carbonyl (C=O) groups is 1. The Hall–Kier alpha value is -0.980. The molecule has 0 spiro atoms. The minimum absolute atomic E-state index is 0.131. The lowest BCUT2D eigenvalue weighted by molar-refractivity contribution is -0.118. The summed E-state index contributed by atoms with van der Waals surface area (Å²) in [6, 6.07) is 1.78. The van der Waals surface area contributed by atoms with Gasteiger partial charge in [-0.05, 0) is 28.9 Å². The maximum absolute atomic E-state index is 11.7. The van der Waals surface area contributed by atoms with E-state index in [2.05, 4.69) is 26.2 Å². The molecule has 0 radical (unpaired) electrons. The van der Waals surface area contributed by atoms with Gasteiger partial charge in [0.15, 0.2) is 0 Å². The summed E-state index contributed by atoms with van der Waals surface area (Å²) in [5, 5.41) is 2.74. The van der Waals surface area contributed by atoms with Crippen LogP contribution >= 0.6 is 15.9 Å². The molecule has 1 amide bonds. The van der Waals surface area contributed by atoms with Crippen molar-refractivity contribution in [3.63, 3.8) is 0 Å². The minimum atomic E-state index is -0.236. The maximum atomic E-state index is 11.7. The molecule has 0 saturated heterocycles. The third-order valence-electron chi connectivity index (χ3n) is 2.07. The van der Waals surface area contributed by atoms with Crippen LogP contribution in [0.25, 0.3) is 0 Å². The lowest BCUT2D eigenvalue weighted by Gasteiger charge is -2.14. The predicted molar refractivity (Wildman–Crippen MR) is 69.7 cm³/mol. The molecule has 0 aliphatic heterocycles. The van der Waals surface area contributed by atoms with Crippen LogP contribution in [0.4, 0.5) is 5.69 Å². The number of hydrogen-bond acceptors (Lipinski definition) is 4. The number of rotatable bonds is 6. The molecule has 1 aromatic rings. The van der Waals surface area contributed by atoms with Crippen molar-refractivity contribution in [2.24, 2.45) is 5.73 Å². The number of hydrogen-bond donors (Lipinski definition) is 2. The molecule has 1 aromatic heterocycles. The first-order chi connectivity index (χ1) is 8.15. The van der Waals surface area contributed by atoms with Crippen LogP contribution in [0, 0.1) is 0 Å². The van der Waals surface area contributed by atoms with E-state index in [4.69, 9.17) is 10.5 Å². The van der Waals surface area contributed by atoms with E-state index in [1.54, 1.807) is 18.5 Å². The number of nitrogens with two attached hydrogens (primary N) is 1. The van der Waals surface area contributed by atoms with Crippen molar-refractivity contribution in [2.45, 2.75) is 19.4 Å². The Kier molecular flexibility index (Phi) is 6.10. The van der Waals surface area contributed by atoms with Crippen LogP contribution in [0.5, 0.6) is 0 Å². The van der Waals surface area contributed by atoms with Crippen molar-refractivity contribution in [3.8, 4) is 0 Å². The molecule has 5 nitrogen and oxygen atoms in total. The Bertz CT molecular complexity index is 373. The topological polar surface area (TPSA) is 77.2 Å². The molecule has 0 aromatic carbocycles. The molecule has 17 heavy (non-hydrogen) atoms. The van der Waals surface area contributed by atoms with Crippen LogP contribution in [0.1, 0.15) is 13.3 Å². The number of ether oxygens (including phenoxy) is 1. The second-order valence-electron chi connectivity index (χ2n) is 3.46. The fourth-order valence-corrected chi connectivity index (χ4v) is 1.71. The normalized spacial score (nSPS) is 12.2. The SMILES string of the molecule is CCOC(CN)CC(=O)Nc1cncc(Br)c1. The average Bonchev–Trinajstić information content (AvgIpc) is 2.28. The predicted octanol–water partition coefficient (Wildman–Crippen LogP) is 1.54. The molecule has 1 rings (SSSR count). The van der Waals surface area contributed by atoms with Gasteiger partial charge in [0, 0.05) is 23.8 Å². The third kappa shape index (κ3) is 5.25. The van der Waals surface area contributed by atoms with Gasteiger partial charge in [-0.2, -0.15) is 0 Å². The summed E-state index contributed by atoms with van der Waals surface area (Å²) in [7, 11) is 0. The van der Waals surface area contributed by atoms with E-state index in [0.717, 1.165) is 4.47 Å². The van der Waals surface area contributed by atoms with Crippen molar-refractivity contribution in [3.05, 3.63) is 22.9 Å². The third-order valence-corrected chi connectivity index (χ3v) is 2.50. The number of carbonyl (C=O) groups excluding carboxylic acids is 1. The number of nitrogens with one attached hydrogen (secondary N) is 1. The lowest BCUT2D eigenvalue weighted by Crippen LogP contribution is -2.29. The summed E-state index contributed by atoms with van der Waals surface area (Å²) in [5.74, 6) is -0.131. The smallest absolute Gasteiger partial charge is 0.227 e. The molecule has 3 N–H and O–H groups in total. The molecule has 1 atom stereocenters. The average molecular weight is 302 g/mol. The summed E-state index contributed by atoms with van der Waals surface area (Å²) in [6.45, 7) is 2.75. The van der Waals surface area contributed by atoms with E-state index in [0.29, 0.717) is 18.8 Å². The van der Waals surface area contributed by atoms with Crippen molar-refractivity contribution in [1.29, 1.82) is 0 Å². The van der Waals surface area contributed by atoms with E-state index in [-0.39, 0.29) is 18.4 Å². The Balaban J connectivity index is 2.49. The quantitative estimate of drug-likeness (QED) is 0.835. The van der Waals surface area contributed by atoms with E-state index < -0.39 is 0 Å². The minimum Gasteiger partial charge on any atom is -0.377 e. The van der Waals surface area contributed by atoms with Crippen LogP contribution in [-0.4, -0.2) is 30.1 Å². The summed E-state index contributed by atoms with van der Waals surface area (Å²) < 4.78 is 6.13. The Morgan fingerprint density at radius 2 is 2.41 bits per heavy atom. The molecule has 1 unspecified atom stereocenters. The summed E-state index contributed by atoms with van der Waals surface area (Å²) in [4.78, 5) is 15.6. The van der Waals surface area contributed by atoms with Gasteiger partial charge in [0.1, 0.15) is 0 Å². The highest BCUT2D eigenvalue weighted by atomic mass is 79.9. The number of pyridine rings is 1. The van der Waals surface area contributed by atoms with E-state index in [9.17, 15) is 4.79 Å². The van der Waals surface area contributed by atoms with E-state index >= 15 is 0 Å². The molecule has 0 aliphatic rings. The van der Waals surface area contributed by atoms with Crippen molar-refractivity contribution in [1.82, 2.24) is 4.98 Å². The number of nitrogens with zero attached hydrogens (tertiary/aromatic N) is 1. The van der Waals surface area contributed by atoms with Crippen molar-refractivity contribution >= 4 is 27.5 Å². The molecule has 6 heteroatoms. The Labute approximate surface area is 109 Å². The van der Waals surface area contributed by atoms with Crippen molar-refractivity contribution in [2.75, 3.05) is 18.5 Å². The second-order valence-corrected chi connectivity index (χ2v) is 4.37. The van der Waals surface area contributed by atoms with Gasteiger partial charge in [-0.3, -0.25) is 9.78 Å². The summed E-state index contributed by atoms with van der Waals surface area (Å²) in [5.41, 5.74) is 6.15. The molecule has 94 valence electrons. The zero-order valence-electron chi connectivity index (χ0n) is 9.65. The first-order valence-electron chi connectivity index (χ1n) is 5.37. The highest BCUT2D eigenvalue weighted by molar-refractivity contribution is 9.10. The molecule has 1 heterocycles. The number of amides is 1. The van der Waals surface area contributed by atoms with Gasteiger partial charge in [-0.1, -0.05) is 0 Å². The number of aromatic nitrogens is 1. The van der Waals surface area contributed by atoms with Crippen LogP contribution in [0.2, 0.25) is 0 Å². The largest absolute Gasteiger partial charge is 0.377 e. The molecule has 0 fully saturated rings. The van der Waals surface area contributed by atoms with Gasteiger partial charge in [0.2, 0.25) is 5.91 Å². The van der Waals surface area contributed by atoms with Gasteiger partial charge >= 0.3 is 0 Å². The fraction of sp³-hybridized carbons (Fsp3) is 0.455. The molecular formula is C11H16BrN3O2. The summed E-state index contributed by atoms with van der Waals surface area (Å²) in [6.07, 6.45) is 3.25. The van der Waals surface area contributed by atoms with Crippen LogP contribution in [-0.2, 0) is 9.53 Å². The highest BCUT2D eigenvalue weighted by Crippen LogP contribution is 2.14.